The minimum absolute atomic E-state index is 0.147. The molecule has 0 aliphatic heterocycles. The number of rotatable bonds is 6. The zero-order chi connectivity index (χ0) is 31.8. The van der Waals surface area contributed by atoms with Crippen LogP contribution in [0.2, 0.25) is 0 Å². The molecule has 0 saturated carbocycles. The third-order valence-corrected chi connectivity index (χ3v) is 7.30. The van der Waals surface area contributed by atoms with Gasteiger partial charge in [0.15, 0.2) is 0 Å². The molecular weight excluding hydrogens is 566 g/mol. The molecule has 0 spiro atoms. The highest BCUT2D eigenvalue weighted by Gasteiger charge is 2.72. The van der Waals surface area contributed by atoms with Gasteiger partial charge in [0.1, 0.15) is 23.0 Å². The highest BCUT2D eigenvalue weighted by atomic mass is 19.4. The molecule has 0 bridgehead atoms. The van der Waals surface area contributed by atoms with Gasteiger partial charge in [0.2, 0.25) is 5.41 Å². The van der Waals surface area contributed by atoms with E-state index in [1.807, 2.05) is 41.5 Å². The average molecular weight is 601 g/mol. The van der Waals surface area contributed by atoms with Gasteiger partial charge >= 0.3 is 12.4 Å². The molecule has 0 atom stereocenters. The molecule has 0 fully saturated rings. The van der Waals surface area contributed by atoms with Crippen LogP contribution in [-0.4, -0.2) is 12.4 Å². The topological polar surface area (TPSA) is 18.5 Å². The van der Waals surface area contributed by atoms with Crippen molar-refractivity contribution in [2.24, 2.45) is 0 Å². The van der Waals surface area contributed by atoms with E-state index in [0.29, 0.717) is 0 Å². The largest absolute Gasteiger partial charge is 0.457 e. The van der Waals surface area contributed by atoms with E-state index >= 15 is 0 Å². The number of alkyl halides is 6. The van der Waals surface area contributed by atoms with Crippen molar-refractivity contribution >= 4 is 0 Å². The van der Waals surface area contributed by atoms with Gasteiger partial charge in [-0.15, -0.1) is 0 Å². The predicted octanol–water partition coefficient (Wildman–Crippen LogP) is 11.3. The van der Waals surface area contributed by atoms with Crippen LogP contribution in [0.3, 0.4) is 0 Å². The summed E-state index contributed by atoms with van der Waals surface area (Å²) >= 11 is 0. The molecule has 228 valence electrons. The Labute approximate surface area is 248 Å². The molecule has 4 rings (SSSR count). The van der Waals surface area contributed by atoms with E-state index in [1.54, 1.807) is 48.5 Å². The molecule has 0 aliphatic rings. The van der Waals surface area contributed by atoms with Gasteiger partial charge in [0, 0.05) is 0 Å². The minimum Gasteiger partial charge on any atom is -0.457 e. The van der Waals surface area contributed by atoms with Crippen molar-refractivity contribution in [3.8, 4) is 23.0 Å². The van der Waals surface area contributed by atoms with Crippen LogP contribution in [0.5, 0.6) is 23.0 Å². The summed E-state index contributed by atoms with van der Waals surface area (Å²) in [6.07, 6.45) is -11.5. The van der Waals surface area contributed by atoms with Gasteiger partial charge in [-0.1, -0.05) is 90.1 Å². The Kier molecular flexibility index (Phi) is 8.39. The summed E-state index contributed by atoms with van der Waals surface area (Å²) in [6, 6.07) is 21.8. The molecular formula is C35H34F6O2. The number of hydrogen-bond acceptors (Lipinski definition) is 2. The van der Waals surface area contributed by atoms with Crippen molar-refractivity contribution in [2.45, 2.75) is 70.1 Å². The molecule has 0 heterocycles. The molecule has 0 aliphatic carbocycles. The molecule has 4 aromatic carbocycles. The maximum atomic E-state index is 14.9. The van der Waals surface area contributed by atoms with Crippen molar-refractivity contribution in [3.63, 3.8) is 0 Å². The van der Waals surface area contributed by atoms with E-state index in [0.717, 1.165) is 47.5 Å². The fraction of sp³-hybridized carbons (Fsp3) is 0.314. The summed E-state index contributed by atoms with van der Waals surface area (Å²) in [5.41, 5.74) is -4.71. The minimum atomic E-state index is -5.76. The first-order valence-corrected chi connectivity index (χ1v) is 13.7. The first kappa shape index (κ1) is 32.0. The number of hydrogen-bond donors (Lipinski definition) is 0. The van der Waals surface area contributed by atoms with Crippen LogP contribution in [-0.2, 0) is 16.2 Å². The molecule has 0 radical (unpaired) electrons. The maximum absolute atomic E-state index is 14.9. The Morgan fingerprint density at radius 3 is 1.00 bits per heavy atom. The number of benzene rings is 4. The van der Waals surface area contributed by atoms with Crippen molar-refractivity contribution in [1.29, 1.82) is 0 Å². The van der Waals surface area contributed by atoms with Crippen molar-refractivity contribution in [2.75, 3.05) is 0 Å². The van der Waals surface area contributed by atoms with Crippen molar-refractivity contribution in [3.05, 3.63) is 119 Å². The highest BCUT2D eigenvalue weighted by molar-refractivity contribution is 5.50. The molecule has 43 heavy (non-hydrogen) atoms. The van der Waals surface area contributed by atoms with Crippen LogP contribution in [0.4, 0.5) is 26.3 Å². The normalized spacial score (nSPS) is 13.1. The molecule has 4 aromatic rings. The van der Waals surface area contributed by atoms with E-state index in [9.17, 15) is 26.3 Å². The molecule has 0 aromatic heterocycles. The van der Waals surface area contributed by atoms with Crippen molar-refractivity contribution < 1.29 is 35.8 Å². The van der Waals surface area contributed by atoms with Gasteiger partial charge in [-0.3, -0.25) is 0 Å². The van der Waals surface area contributed by atoms with Gasteiger partial charge in [-0.2, -0.15) is 26.3 Å². The molecule has 2 nitrogen and oxygen atoms in total. The third kappa shape index (κ3) is 6.68. The zero-order valence-corrected chi connectivity index (χ0v) is 24.8. The second-order valence-electron chi connectivity index (χ2n) is 12.6. The SMILES string of the molecule is CC(C)(C)c1ccc(Oc2cccc(C(c3cccc(Oc4ccc(C(C)(C)C)cc4)c3)(C(F)(F)F)C(F)(F)F)c2)cc1. The first-order chi connectivity index (χ1) is 19.8. The van der Waals surface area contributed by atoms with E-state index in [2.05, 4.69) is 0 Å². The van der Waals surface area contributed by atoms with Crippen LogP contribution in [0.15, 0.2) is 97.1 Å². The summed E-state index contributed by atoms with van der Waals surface area (Å²) in [4.78, 5) is 0. The van der Waals surface area contributed by atoms with Gasteiger partial charge in [-0.05, 0) is 81.6 Å². The van der Waals surface area contributed by atoms with Crippen LogP contribution < -0.4 is 9.47 Å². The second kappa shape index (κ2) is 11.3. The summed E-state index contributed by atoms with van der Waals surface area (Å²) < 4.78 is 101. The molecule has 0 saturated heterocycles. The lowest BCUT2D eigenvalue weighted by molar-refractivity contribution is -0.288. The van der Waals surface area contributed by atoms with E-state index in [-0.39, 0.29) is 33.8 Å². The van der Waals surface area contributed by atoms with Crippen molar-refractivity contribution in [1.82, 2.24) is 0 Å². The summed E-state index contributed by atoms with van der Waals surface area (Å²) in [5.74, 6) is 0.237. The number of halogens is 6. The molecule has 0 N–H and O–H groups in total. The predicted molar refractivity (Wildman–Crippen MR) is 156 cm³/mol. The van der Waals surface area contributed by atoms with Gasteiger partial charge < -0.3 is 9.47 Å². The maximum Gasteiger partial charge on any atom is 0.411 e. The Morgan fingerprint density at radius 1 is 0.395 bits per heavy atom. The fourth-order valence-corrected chi connectivity index (χ4v) is 4.89. The summed E-state index contributed by atoms with van der Waals surface area (Å²) in [5, 5.41) is 0. The van der Waals surface area contributed by atoms with Crippen LogP contribution in [0.25, 0.3) is 0 Å². The quantitative estimate of drug-likeness (QED) is 0.205. The molecule has 0 amide bonds. The lowest BCUT2D eigenvalue weighted by atomic mass is 9.73. The zero-order valence-electron chi connectivity index (χ0n) is 24.8. The molecule has 8 heteroatoms. The Morgan fingerprint density at radius 2 is 0.721 bits per heavy atom. The number of ether oxygens (including phenoxy) is 2. The lowest BCUT2D eigenvalue weighted by Crippen LogP contribution is -2.54. The Bertz CT molecular complexity index is 1420. The van der Waals surface area contributed by atoms with E-state index in [1.165, 1.54) is 12.1 Å². The van der Waals surface area contributed by atoms with Crippen LogP contribution in [0.1, 0.15) is 63.8 Å². The monoisotopic (exact) mass is 600 g/mol. The van der Waals surface area contributed by atoms with Gasteiger partial charge in [0.25, 0.3) is 0 Å². The van der Waals surface area contributed by atoms with Crippen LogP contribution >= 0.6 is 0 Å². The summed E-state index contributed by atoms with van der Waals surface area (Å²) in [6.45, 7) is 12.1. The van der Waals surface area contributed by atoms with Gasteiger partial charge in [0.05, 0.1) is 0 Å². The average Bonchev–Trinajstić information content (AvgIpc) is 2.87. The Hall–Kier alpha value is -3.94. The Balaban J connectivity index is 1.76. The molecule has 0 unspecified atom stereocenters. The van der Waals surface area contributed by atoms with E-state index < -0.39 is 28.9 Å². The summed E-state index contributed by atoms with van der Waals surface area (Å²) in [7, 11) is 0. The highest BCUT2D eigenvalue weighted by Crippen LogP contribution is 2.57. The second-order valence-corrected chi connectivity index (χ2v) is 12.6. The van der Waals surface area contributed by atoms with E-state index in [4.69, 9.17) is 9.47 Å². The standard InChI is InChI=1S/C35H34F6O2/c1-31(2,3)23-13-17-27(18-14-23)42-29-11-7-9-25(21-29)33(34(36,37)38,35(39,40)41)26-10-8-12-30(22-26)43-28-19-15-24(16-20-28)32(4,5)6/h7-22H,1-6H3. The van der Waals surface area contributed by atoms with Gasteiger partial charge in [-0.25, -0.2) is 0 Å². The first-order valence-electron chi connectivity index (χ1n) is 13.7. The lowest BCUT2D eigenvalue weighted by Gasteiger charge is -2.38. The third-order valence-electron chi connectivity index (χ3n) is 7.30. The fourth-order valence-electron chi connectivity index (χ4n) is 4.89. The van der Waals surface area contributed by atoms with Crippen LogP contribution in [0, 0.1) is 0 Å². The smallest absolute Gasteiger partial charge is 0.411 e.